The maximum Gasteiger partial charge on any atom is 0.326 e. The number of carbonyl (C=O) groups excluding carboxylic acids is 9. The van der Waals surface area contributed by atoms with Gasteiger partial charge in [0.15, 0.2) is 5.96 Å². The molecule has 9 amide bonds. The van der Waals surface area contributed by atoms with E-state index in [0.29, 0.717) is 30.5 Å². The zero-order valence-corrected chi connectivity index (χ0v) is 44.1. The summed E-state index contributed by atoms with van der Waals surface area (Å²) in [5.74, 6) is -12.4. The molecule has 10 atom stereocenters. The van der Waals surface area contributed by atoms with Crippen molar-refractivity contribution in [3.8, 4) is 11.5 Å². The lowest BCUT2D eigenvalue weighted by molar-refractivity contribution is -0.143. The van der Waals surface area contributed by atoms with Gasteiger partial charge in [0.1, 0.15) is 59.8 Å². The number of carboxylic acid groups (broad SMARTS) is 1. The average Bonchev–Trinajstić information content (AvgIpc) is 3.38. The highest BCUT2D eigenvalue weighted by molar-refractivity contribution is 5.99. The van der Waals surface area contributed by atoms with Crippen LogP contribution in [0.1, 0.15) is 70.4 Å². The number of phenols is 2. The number of amides is 9. The smallest absolute Gasteiger partial charge is 0.326 e. The van der Waals surface area contributed by atoms with Crippen molar-refractivity contribution in [1.82, 2.24) is 42.5 Å². The molecular weight excluding hydrogens is 1040 g/mol. The second-order valence-electron chi connectivity index (χ2n) is 18.8. The molecule has 2 aromatic carbocycles. The number of aromatic hydroxyl groups is 2. The lowest BCUT2D eigenvalue weighted by Gasteiger charge is -2.28. The molecule has 0 fully saturated rings. The molecule has 30 nitrogen and oxygen atoms in total. The minimum Gasteiger partial charge on any atom is -0.508 e. The Labute approximate surface area is 454 Å². The lowest BCUT2D eigenvalue weighted by atomic mass is 10.0. The molecule has 438 valence electrons. The number of benzene rings is 2. The third-order valence-electron chi connectivity index (χ3n) is 11.9. The number of guanidine groups is 1. The molecule has 0 saturated heterocycles. The summed E-state index contributed by atoms with van der Waals surface area (Å²) < 4.78 is 0. The molecule has 0 radical (unpaired) electrons. The van der Waals surface area contributed by atoms with Gasteiger partial charge < -0.3 is 102 Å². The first-order chi connectivity index (χ1) is 37.2. The number of rotatable bonds is 35. The van der Waals surface area contributed by atoms with E-state index in [-0.39, 0.29) is 49.7 Å². The quantitative estimate of drug-likeness (QED) is 0.0173. The number of phenolic OH excluding ortho intramolecular Hbond substituents is 2. The summed E-state index contributed by atoms with van der Waals surface area (Å²) in [6.07, 6.45) is -2.12. The van der Waals surface area contributed by atoms with Gasteiger partial charge in [-0.1, -0.05) is 44.5 Å². The molecule has 0 spiro atoms. The van der Waals surface area contributed by atoms with Crippen LogP contribution in [0, 0.1) is 5.92 Å². The van der Waals surface area contributed by atoms with E-state index in [1.807, 2.05) is 0 Å². The van der Waals surface area contributed by atoms with Gasteiger partial charge in [0, 0.05) is 19.4 Å². The Morgan fingerprint density at radius 2 is 0.924 bits per heavy atom. The van der Waals surface area contributed by atoms with Crippen LogP contribution in [0.4, 0.5) is 0 Å². The minimum absolute atomic E-state index is 0.00273. The Balaban J connectivity index is 2.46. The van der Waals surface area contributed by atoms with Gasteiger partial charge >= 0.3 is 5.97 Å². The third kappa shape index (κ3) is 23.9. The van der Waals surface area contributed by atoms with E-state index in [1.165, 1.54) is 62.4 Å². The van der Waals surface area contributed by atoms with E-state index in [1.54, 1.807) is 0 Å². The molecular formula is C49H76N14O16. The summed E-state index contributed by atoms with van der Waals surface area (Å²) in [4.78, 5) is 137. The van der Waals surface area contributed by atoms with Crippen molar-refractivity contribution < 1.29 is 78.6 Å². The van der Waals surface area contributed by atoms with Crippen LogP contribution in [0.25, 0.3) is 0 Å². The highest BCUT2D eigenvalue weighted by Crippen LogP contribution is 2.15. The third-order valence-corrected chi connectivity index (χ3v) is 11.9. The van der Waals surface area contributed by atoms with Gasteiger partial charge in [-0.3, -0.25) is 48.1 Å². The van der Waals surface area contributed by atoms with Crippen LogP contribution in [0.15, 0.2) is 53.5 Å². The van der Waals surface area contributed by atoms with Crippen molar-refractivity contribution in [1.29, 1.82) is 0 Å². The molecule has 0 aliphatic heterocycles. The Kier molecular flexibility index (Phi) is 28.7. The van der Waals surface area contributed by atoms with Gasteiger partial charge in [0.25, 0.3) is 0 Å². The highest BCUT2D eigenvalue weighted by atomic mass is 16.4. The molecule has 0 aliphatic carbocycles. The summed E-state index contributed by atoms with van der Waals surface area (Å²) in [7, 11) is 0. The maximum absolute atomic E-state index is 14.1. The fourth-order valence-corrected chi connectivity index (χ4v) is 7.42. The van der Waals surface area contributed by atoms with Crippen LogP contribution >= 0.6 is 0 Å². The van der Waals surface area contributed by atoms with Crippen LogP contribution < -0.4 is 71.2 Å². The van der Waals surface area contributed by atoms with E-state index < -0.39 is 152 Å². The second kappa shape index (κ2) is 33.9. The summed E-state index contributed by atoms with van der Waals surface area (Å²) in [5.41, 5.74) is 28.2. The Hall–Kier alpha value is -8.19. The fourth-order valence-electron chi connectivity index (χ4n) is 7.42. The van der Waals surface area contributed by atoms with Crippen molar-refractivity contribution in [3.63, 3.8) is 0 Å². The Morgan fingerprint density at radius 3 is 1.34 bits per heavy atom. The van der Waals surface area contributed by atoms with Gasteiger partial charge in [-0.05, 0) is 80.5 Å². The van der Waals surface area contributed by atoms with E-state index in [9.17, 15) is 78.6 Å². The molecule has 79 heavy (non-hydrogen) atoms. The molecule has 30 heteroatoms. The van der Waals surface area contributed by atoms with Gasteiger partial charge in [0.05, 0.1) is 31.8 Å². The normalized spacial score (nSPS) is 14.8. The predicted octanol–water partition coefficient (Wildman–Crippen LogP) is -6.75. The standard InChI is InChI=1S/C49H76N14O16/c1-24(2)38(48(78)79)62-41(71)31(8-6-18-55-49(53)54)56-45(75)35(22-64)60-42(72)32(19-26-9-13-28(67)14-10-26)58-46(76)36(23-65)61-43(73)33(20-27-11-15-29(68)16-12-27)59-47(77)39(25(3)66)63-44(74)34(21-37(52)69)57-40(70)30(51)7-4-5-17-50/h9-16,24-25,30-36,38-39,64-68H,4-8,17-23,50-51H2,1-3H3,(H2,52,69)(H,56,75)(H,57,70)(H,58,76)(H,59,77)(H,60,72)(H,61,73)(H,62,71)(H,63,74)(H,78,79)(H4,53,54,55)/t25-,30+,31+,32+,33+,34+,35+,36+,38+,39+/m1/s1. The number of hydrogen-bond acceptors (Lipinski definition) is 18. The van der Waals surface area contributed by atoms with Crippen LogP contribution in [-0.2, 0) is 60.8 Å². The number of unbranched alkanes of at least 4 members (excludes halogenated alkanes) is 1. The number of aliphatic carboxylic acids is 1. The monoisotopic (exact) mass is 1120 g/mol. The number of nitrogens with zero attached hydrogens (tertiary/aromatic N) is 1. The number of nitrogens with one attached hydrogen (secondary N) is 8. The number of primary amides is 1. The SMILES string of the molecule is CC(C)[C@H](NC(=O)[C@H](CCCN=C(N)N)NC(=O)[C@H](CO)NC(=O)[C@H](Cc1ccc(O)cc1)NC(=O)[C@H](CO)NC(=O)[C@H](Cc1ccc(O)cc1)NC(=O)[C@@H](NC(=O)[C@H](CC(N)=O)NC(=O)[C@@H](N)CCCCN)[C@@H](C)O)C(=O)O. The first-order valence-corrected chi connectivity index (χ1v) is 25.1. The first-order valence-electron chi connectivity index (χ1n) is 25.1. The molecule has 0 bridgehead atoms. The van der Waals surface area contributed by atoms with Gasteiger partial charge in [-0.15, -0.1) is 0 Å². The van der Waals surface area contributed by atoms with E-state index in [4.69, 9.17) is 28.7 Å². The van der Waals surface area contributed by atoms with Crippen molar-refractivity contribution in [3.05, 3.63) is 59.7 Å². The zero-order chi connectivity index (χ0) is 59.5. The highest BCUT2D eigenvalue weighted by Gasteiger charge is 2.37. The minimum atomic E-state index is -1.91. The molecule has 24 N–H and O–H groups in total. The number of carbonyl (C=O) groups is 10. The van der Waals surface area contributed by atoms with Crippen molar-refractivity contribution in [2.24, 2.45) is 39.6 Å². The summed E-state index contributed by atoms with van der Waals surface area (Å²) in [6, 6.07) is -4.10. The Bertz CT molecular complexity index is 2410. The number of carboxylic acids is 1. The summed E-state index contributed by atoms with van der Waals surface area (Å²) in [6.45, 7) is 2.27. The number of aliphatic imine (C=N–C) groups is 1. The molecule has 0 aliphatic rings. The summed E-state index contributed by atoms with van der Waals surface area (Å²) in [5, 5.41) is 79.6. The van der Waals surface area contributed by atoms with Gasteiger partial charge in [0.2, 0.25) is 53.2 Å². The lowest BCUT2D eigenvalue weighted by Crippen LogP contribution is -2.62. The van der Waals surface area contributed by atoms with Gasteiger partial charge in [-0.25, -0.2) is 4.79 Å². The fraction of sp³-hybridized carbons (Fsp3) is 0.531. The van der Waals surface area contributed by atoms with Crippen LogP contribution in [0.5, 0.6) is 11.5 Å². The topological polar surface area (TPSA) is 531 Å². The van der Waals surface area contributed by atoms with E-state index >= 15 is 0 Å². The number of aliphatic hydroxyl groups excluding tert-OH is 3. The summed E-state index contributed by atoms with van der Waals surface area (Å²) >= 11 is 0. The maximum atomic E-state index is 14.1. The molecule has 0 aromatic heterocycles. The number of hydrogen-bond donors (Lipinski definition) is 19. The van der Waals surface area contributed by atoms with Crippen molar-refractivity contribution in [2.45, 2.75) is 133 Å². The predicted molar refractivity (Wildman–Crippen MR) is 282 cm³/mol. The van der Waals surface area contributed by atoms with Crippen LogP contribution in [0.2, 0.25) is 0 Å². The average molecular weight is 1120 g/mol. The van der Waals surface area contributed by atoms with Crippen LogP contribution in [-0.4, -0.2) is 183 Å². The van der Waals surface area contributed by atoms with Crippen molar-refractivity contribution in [2.75, 3.05) is 26.3 Å². The number of aliphatic hydroxyl groups is 3. The zero-order valence-electron chi connectivity index (χ0n) is 44.1. The van der Waals surface area contributed by atoms with Crippen LogP contribution in [0.3, 0.4) is 0 Å². The molecule has 2 rings (SSSR count). The first kappa shape index (κ1) is 66.9. The molecule has 0 saturated carbocycles. The van der Waals surface area contributed by atoms with Gasteiger partial charge in [-0.2, -0.15) is 0 Å². The largest absolute Gasteiger partial charge is 0.508 e. The van der Waals surface area contributed by atoms with Crippen molar-refractivity contribution >= 4 is 65.1 Å². The molecule has 0 heterocycles. The second-order valence-corrected chi connectivity index (χ2v) is 18.8. The van der Waals surface area contributed by atoms with E-state index in [2.05, 4.69) is 47.5 Å². The molecule has 0 unspecified atom stereocenters. The van der Waals surface area contributed by atoms with E-state index in [0.717, 1.165) is 6.92 Å². The molecule has 2 aromatic rings. The number of nitrogens with two attached hydrogens (primary N) is 5. The Morgan fingerprint density at radius 1 is 0.519 bits per heavy atom.